The quantitative estimate of drug-likeness (QED) is 0.636. The van der Waals surface area contributed by atoms with Crippen molar-refractivity contribution in [2.45, 2.75) is 31.7 Å². The van der Waals surface area contributed by atoms with E-state index >= 15 is 0 Å². The lowest BCUT2D eigenvalue weighted by Gasteiger charge is -2.26. The van der Waals surface area contributed by atoms with Crippen LogP contribution in [0.2, 0.25) is 0 Å². The highest BCUT2D eigenvalue weighted by Crippen LogP contribution is 2.22. The number of hydrazine groups is 1. The smallest absolute Gasteiger partial charge is 0.162 e. The molecule has 5 heteroatoms. The summed E-state index contributed by atoms with van der Waals surface area (Å²) in [6.07, 6.45) is 3.26. The summed E-state index contributed by atoms with van der Waals surface area (Å²) < 4.78 is 32.1. The van der Waals surface area contributed by atoms with E-state index in [4.69, 9.17) is 10.6 Å². The molecule has 1 atom stereocenters. The lowest BCUT2D eigenvalue weighted by Crippen LogP contribution is -2.39. The van der Waals surface area contributed by atoms with Crippen LogP contribution in [0.5, 0.6) is 0 Å². The van der Waals surface area contributed by atoms with E-state index in [9.17, 15) is 8.78 Å². The van der Waals surface area contributed by atoms with Crippen molar-refractivity contribution in [1.82, 2.24) is 5.43 Å². The summed E-state index contributed by atoms with van der Waals surface area (Å²) in [4.78, 5) is 0. The first-order valence-electron chi connectivity index (χ1n) is 6.67. The molecule has 19 heavy (non-hydrogen) atoms. The number of nitrogens with two attached hydrogens (primary N) is 1. The SMILES string of the molecule is NNC(Cc1cccc(F)c1F)CC1CCOCC1. The minimum Gasteiger partial charge on any atom is -0.381 e. The average molecular weight is 270 g/mol. The Balaban J connectivity index is 1.96. The molecule has 0 spiro atoms. The summed E-state index contributed by atoms with van der Waals surface area (Å²) >= 11 is 0. The topological polar surface area (TPSA) is 47.3 Å². The molecular weight excluding hydrogens is 250 g/mol. The van der Waals surface area contributed by atoms with Gasteiger partial charge in [0, 0.05) is 19.3 Å². The van der Waals surface area contributed by atoms with Crippen molar-refractivity contribution in [2.75, 3.05) is 13.2 Å². The monoisotopic (exact) mass is 270 g/mol. The molecule has 1 aromatic carbocycles. The third kappa shape index (κ3) is 3.96. The van der Waals surface area contributed by atoms with Gasteiger partial charge in [-0.3, -0.25) is 11.3 Å². The highest BCUT2D eigenvalue weighted by atomic mass is 19.2. The maximum absolute atomic E-state index is 13.6. The molecule has 3 nitrogen and oxygen atoms in total. The zero-order valence-corrected chi connectivity index (χ0v) is 10.9. The van der Waals surface area contributed by atoms with Crippen LogP contribution in [0, 0.1) is 17.6 Å². The van der Waals surface area contributed by atoms with Crippen LogP contribution in [0.3, 0.4) is 0 Å². The first-order chi connectivity index (χ1) is 9.20. The Kier molecular flexibility index (Phi) is 5.24. The van der Waals surface area contributed by atoms with E-state index in [1.165, 1.54) is 6.07 Å². The molecule has 3 N–H and O–H groups in total. The van der Waals surface area contributed by atoms with E-state index in [0.29, 0.717) is 17.9 Å². The molecule has 2 rings (SSSR count). The Morgan fingerprint density at radius 2 is 2.05 bits per heavy atom. The second kappa shape index (κ2) is 6.93. The summed E-state index contributed by atoms with van der Waals surface area (Å²) in [5.41, 5.74) is 3.08. The van der Waals surface area contributed by atoms with Crippen molar-refractivity contribution in [3.8, 4) is 0 Å². The van der Waals surface area contributed by atoms with Gasteiger partial charge < -0.3 is 4.74 Å². The normalized spacial score (nSPS) is 18.5. The van der Waals surface area contributed by atoms with Crippen molar-refractivity contribution in [3.05, 3.63) is 35.4 Å². The third-order valence-corrected chi connectivity index (χ3v) is 3.69. The van der Waals surface area contributed by atoms with Crippen LogP contribution in [0.1, 0.15) is 24.8 Å². The van der Waals surface area contributed by atoms with Gasteiger partial charge in [0.1, 0.15) is 0 Å². The molecule has 0 aromatic heterocycles. The van der Waals surface area contributed by atoms with Crippen molar-refractivity contribution in [3.63, 3.8) is 0 Å². The second-order valence-corrected chi connectivity index (χ2v) is 5.07. The number of halogens is 2. The molecule has 1 heterocycles. The summed E-state index contributed by atoms with van der Waals surface area (Å²) in [5, 5.41) is 0. The number of benzene rings is 1. The minimum atomic E-state index is -0.806. The zero-order valence-electron chi connectivity index (χ0n) is 10.9. The Hall–Kier alpha value is -1.04. The fraction of sp³-hybridized carbons (Fsp3) is 0.571. The number of nitrogens with one attached hydrogen (secondary N) is 1. The summed E-state index contributed by atoms with van der Waals surface area (Å²) in [5.74, 6) is 4.49. The first-order valence-corrected chi connectivity index (χ1v) is 6.67. The number of hydrogen-bond donors (Lipinski definition) is 2. The van der Waals surface area contributed by atoms with E-state index in [2.05, 4.69) is 5.43 Å². The van der Waals surface area contributed by atoms with E-state index < -0.39 is 11.6 Å². The predicted molar refractivity (Wildman–Crippen MR) is 69.3 cm³/mol. The van der Waals surface area contributed by atoms with Crippen molar-refractivity contribution in [2.24, 2.45) is 11.8 Å². The predicted octanol–water partition coefficient (Wildman–Crippen LogP) is 2.16. The number of rotatable bonds is 5. The van der Waals surface area contributed by atoms with E-state index in [1.807, 2.05) is 0 Å². The van der Waals surface area contributed by atoms with Crippen molar-refractivity contribution < 1.29 is 13.5 Å². The molecular formula is C14H20F2N2O. The van der Waals surface area contributed by atoms with Gasteiger partial charge in [-0.2, -0.15) is 0 Å². The lowest BCUT2D eigenvalue weighted by atomic mass is 9.90. The molecule has 0 saturated carbocycles. The minimum absolute atomic E-state index is 0.0422. The van der Waals surface area contributed by atoms with Gasteiger partial charge in [-0.05, 0) is 43.2 Å². The molecule has 106 valence electrons. The fourth-order valence-electron chi connectivity index (χ4n) is 2.57. The van der Waals surface area contributed by atoms with Crippen LogP contribution in [-0.2, 0) is 11.2 Å². The first kappa shape index (κ1) is 14.4. The molecule has 1 aromatic rings. The van der Waals surface area contributed by atoms with E-state index in [0.717, 1.165) is 38.5 Å². The molecule has 1 fully saturated rings. The van der Waals surface area contributed by atoms with Crippen LogP contribution in [0.25, 0.3) is 0 Å². The number of ether oxygens (including phenoxy) is 1. The Labute approximate surface area is 112 Å². The van der Waals surface area contributed by atoms with Gasteiger partial charge in [0.05, 0.1) is 0 Å². The average Bonchev–Trinajstić information content (AvgIpc) is 2.44. The molecule has 1 unspecified atom stereocenters. The van der Waals surface area contributed by atoms with E-state index in [-0.39, 0.29) is 6.04 Å². The molecule has 1 saturated heterocycles. The Morgan fingerprint density at radius 3 is 2.74 bits per heavy atom. The van der Waals surface area contributed by atoms with Gasteiger partial charge in [-0.15, -0.1) is 0 Å². The fourth-order valence-corrected chi connectivity index (χ4v) is 2.57. The summed E-state index contributed by atoms with van der Waals surface area (Å²) in [7, 11) is 0. The second-order valence-electron chi connectivity index (χ2n) is 5.07. The van der Waals surface area contributed by atoms with Crippen LogP contribution in [0.15, 0.2) is 18.2 Å². The maximum Gasteiger partial charge on any atom is 0.162 e. The highest BCUT2D eigenvalue weighted by molar-refractivity contribution is 5.20. The van der Waals surface area contributed by atoms with Gasteiger partial charge in [-0.1, -0.05) is 12.1 Å². The highest BCUT2D eigenvalue weighted by Gasteiger charge is 2.20. The van der Waals surface area contributed by atoms with Gasteiger partial charge in [0.2, 0.25) is 0 Å². The van der Waals surface area contributed by atoms with Gasteiger partial charge in [0.25, 0.3) is 0 Å². The Bertz CT molecular complexity index is 408. The summed E-state index contributed by atoms with van der Waals surface area (Å²) in [6.45, 7) is 1.55. The molecule has 1 aliphatic rings. The van der Waals surface area contributed by atoms with Gasteiger partial charge in [0.15, 0.2) is 11.6 Å². The molecule has 0 radical (unpaired) electrons. The van der Waals surface area contributed by atoms with Crippen LogP contribution >= 0.6 is 0 Å². The van der Waals surface area contributed by atoms with Gasteiger partial charge in [-0.25, -0.2) is 8.78 Å². The largest absolute Gasteiger partial charge is 0.381 e. The Morgan fingerprint density at radius 1 is 1.32 bits per heavy atom. The van der Waals surface area contributed by atoms with Crippen LogP contribution < -0.4 is 11.3 Å². The van der Waals surface area contributed by atoms with Gasteiger partial charge >= 0.3 is 0 Å². The zero-order chi connectivity index (χ0) is 13.7. The van der Waals surface area contributed by atoms with Crippen LogP contribution in [0.4, 0.5) is 8.78 Å². The van der Waals surface area contributed by atoms with Crippen molar-refractivity contribution in [1.29, 1.82) is 0 Å². The van der Waals surface area contributed by atoms with Crippen LogP contribution in [-0.4, -0.2) is 19.3 Å². The van der Waals surface area contributed by atoms with Crippen molar-refractivity contribution >= 4 is 0 Å². The lowest BCUT2D eigenvalue weighted by molar-refractivity contribution is 0.0605. The standard InChI is InChI=1S/C14H20F2N2O/c15-13-3-1-2-11(14(13)16)9-12(18-17)8-10-4-6-19-7-5-10/h1-3,10,12,18H,4-9,17H2. The molecule has 0 aliphatic carbocycles. The summed E-state index contributed by atoms with van der Waals surface area (Å²) in [6, 6.07) is 4.21. The molecule has 1 aliphatic heterocycles. The third-order valence-electron chi connectivity index (χ3n) is 3.69. The maximum atomic E-state index is 13.6. The molecule has 0 amide bonds. The molecule has 0 bridgehead atoms. The van der Waals surface area contributed by atoms with E-state index in [1.54, 1.807) is 6.07 Å². The number of hydrogen-bond acceptors (Lipinski definition) is 3.